The number of ether oxygens (including phenoxy) is 6. The third kappa shape index (κ3) is 27.1. The molecule has 0 saturated carbocycles. The summed E-state index contributed by atoms with van der Waals surface area (Å²) in [6, 6.07) is 24.3. The minimum atomic E-state index is -0.743. The number of benzene rings is 6. The zero-order chi connectivity index (χ0) is 69.3. The number of likely N-dealkylation sites (tertiary alicyclic amines) is 3. The Morgan fingerprint density at radius 1 is 0.354 bits per heavy atom. The number of hydrogen-bond donors (Lipinski definition) is 6. The van der Waals surface area contributed by atoms with Gasteiger partial charge in [-0.15, -0.1) is 0 Å². The molecule has 6 aromatic carbocycles. The van der Waals surface area contributed by atoms with Crippen molar-refractivity contribution >= 4 is 87.3 Å². The Bertz CT molecular complexity index is 3130. The quantitative estimate of drug-likeness (QED) is 0.0265. The number of nitrogens with one attached hydrogen (secondary N) is 3. The highest BCUT2D eigenvalue weighted by molar-refractivity contribution is 6.32. The van der Waals surface area contributed by atoms with Crippen molar-refractivity contribution in [2.75, 3.05) is 98.5 Å². The summed E-state index contributed by atoms with van der Waals surface area (Å²) in [4.78, 5) is 42.5. The first-order valence-electron chi connectivity index (χ1n) is 30.5. The fourth-order valence-electron chi connectivity index (χ4n) is 10.1. The summed E-state index contributed by atoms with van der Waals surface area (Å²) < 4.78 is 113. The maximum Gasteiger partial charge on any atom is 0.258 e. The van der Waals surface area contributed by atoms with Gasteiger partial charge in [-0.05, 0) is 111 Å². The zero-order valence-electron chi connectivity index (χ0n) is 51.6. The van der Waals surface area contributed by atoms with Crippen LogP contribution in [0.5, 0.6) is 34.5 Å². The average molecular weight is 1470 g/mol. The van der Waals surface area contributed by atoms with Crippen LogP contribution in [0.15, 0.2) is 109 Å². The fourth-order valence-corrected chi connectivity index (χ4v) is 10.8. The molecule has 3 fully saturated rings. The molecule has 3 amide bonds. The maximum atomic E-state index is 13.4. The van der Waals surface area contributed by atoms with Crippen LogP contribution in [-0.4, -0.2) is 183 Å². The Labute approximate surface area is 581 Å². The first kappa shape index (κ1) is 77.0. The van der Waals surface area contributed by atoms with Gasteiger partial charge in [0.15, 0.2) is 19.8 Å². The van der Waals surface area contributed by atoms with Crippen molar-refractivity contribution in [3.05, 3.63) is 174 Å². The molecule has 30 heteroatoms. The van der Waals surface area contributed by atoms with Crippen LogP contribution < -0.4 is 44.4 Å². The predicted molar refractivity (Wildman–Crippen MR) is 352 cm³/mol. The lowest BCUT2D eigenvalue weighted by Gasteiger charge is -2.33. The first-order valence-corrected chi connectivity index (χ1v) is 32.7. The fraction of sp³-hybridized carbons (Fsp3) is 0.409. The Balaban J connectivity index is 0.000000203. The highest BCUT2D eigenvalue weighted by atomic mass is 35.5. The molecule has 3 aliphatic heterocycles. The first-order chi connectivity index (χ1) is 45.9. The molecule has 6 aromatic rings. The van der Waals surface area contributed by atoms with E-state index < -0.39 is 53.2 Å². The van der Waals surface area contributed by atoms with Gasteiger partial charge in [0.05, 0.1) is 30.1 Å². The molecule has 3 heterocycles. The number of carbonyl (C=O) groups is 3. The van der Waals surface area contributed by atoms with E-state index in [1.54, 1.807) is 18.2 Å². The molecular weight excluding hydrogens is 1400 g/mol. The van der Waals surface area contributed by atoms with Gasteiger partial charge in [0.2, 0.25) is 0 Å². The molecule has 9 rings (SSSR count). The molecule has 0 aliphatic carbocycles. The van der Waals surface area contributed by atoms with E-state index in [-0.39, 0.29) is 123 Å². The lowest BCUT2D eigenvalue weighted by molar-refractivity contribution is -0.124. The Morgan fingerprint density at radius 2 is 0.542 bits per heavy atom. The number of hydrogen-bond acceptors (Lipinski definition) is 15. The highest BCUT2D eigenvalue weighted by Crippen LogP contribution is 2.27. The van der Waals surface area contributed by atoms with Crippen molar-refractivity contribution in [3.8, 4) is 34.5 Å². The van der Waals surface area contributed by atoms with E-state index in [2.05, 4.69) is 30.7 Å². The minimum Gasteiger partial charge on any atom is -0.491 e. The lowest BCUT2D eigenvalue weighted by Crippen LogP contribution is -2.48. The summed E-state index contributed by atoms with van der Waals surface area (Å²) >= 11 is 33.8. The predicted octanol–water partition coefficient (Wildman–Crippen LogP) is 11.0. The molecule has 1 unspecified atom stereocenters. The molecule has 6 N–H and O–H groups in total. The third-order valence-electron chi connectivity index (χ3n) is 15.0. The second kappa shape index (κ2) is 39.3. The molecule has 96 heavy (non-hydrogen) atoms. The van der Waals surface area contributed by atoms with Crippen LogP contribution in [0.1, 0.15) is 38.5 Å². The number of nitrogens with zero attached hydrogens (tertiary/aromatic N) is 3. The normalized spacial score (nSPS) is 15.9. The molecule has 0 radical (unpaired) electrons. The van der Waals surface area contributed by atoms with Crippen LogP contribution in [0.3, 0.4) is 0 Å². The van der Waals surface area contributed by atoms with E-state index >= 15 is 0 Å². The van der Waals surface area contributed by atoms with E-state index in [9.17, 15) is 56.0 Å². The van der Waals surface area contributed by atoms with Gasteiger partial charge in [-0.2, -0.15) is 0 Å². The van der Waals surface area contributed by atoms with Crippen LogP contribution in [0.25, 0.3) is 0 Å². The van der Waals surface area contributed by atoms with Crippen molar-refractivity contribution in [2.24, 2.45) is 0 Å². The monoisotopic (exact) mass is 1460 g/mol. The van der Waals surface area contributed by atoms with Gasteiger partial charge in [0.25, 0.3) is 17.7 Å². The number of aliphatic hydroxyl groups excluding tert-OH is 3. The molecule has 0 aromatic heterocycles. The van der Waals surface area contributed by atoms with Gasteiger partial charge in [0, 0.05) is 113 Å². The van der Waals surface area contributed by atoms with Gasteiger partial charge < -0.3 is 74.4 Å². The summed E-state index contributed by atoms with van der Waals surface area (Å²) in [6.45, 7) is 4.81. The third-order valence-corrected chi connectivity index (χ3v) is 16.9. The summed E-state index contributed by atoms with van der Waals surface area (Å²) in [5.74, 6) is -2.82. The van der Waals surface area contributed by atoms with E-state index in [1.165, 1.54) is 72.8 Å². The summed E-state index contributed by atoms with van der Waals surface area (Å²) in [5.41, 5.74) is 0. The standard InChI is InChI=1S/3C22H24Cl2F2N2O4/c3*23-18-3-1-16(9-20(18)25)31-12-15(29)11-28-7-5-14(6-8-28)27-22(30)13-32-17-2-4-19(24)21(26)10-17/h3*1-4,9-10,14-15,29H,5-8,11-13H2,(H,27,30)/t2*15-;/m10./s1. The van der Waals surface area contributed by atoms with Gasteiger partial charge in [-0.1, -0.05) is 69.6 Å². The van der Waals surface area contributed by atoms with E-state index in [1.807, 2.05) is 0 Å². The summed E-state index contributed by atoms with van der Waals surface area (Å²) in [6.07, 6.45) is 2.09. The molecule has 3 saturated heterocycles. The van der Waals surface area contributed by atoms with Crippen LogP contribution in [0.4, 0.5) is 26.3 Å². The van der Waals surface area contributed by atoms with E-state index in [4.69, 9.17) is 98.0 Å². The minimum absolute atomic E-state index is 0.00487. The number of β-amino-alcohol motifs (C(OH)–C–C–N with tert-alkyl or cyclic N) is 3. The van der Waals surface area contributed by atoms with E-state index in [0.717, 1.165) is 56.7 Å². The van der Waals surface area contributed by atoms with E-state index in [0.29, 0.717) is 76.2 Å². The molecule has 522 valence electrons. The van der Waals surface area contributed by atoms with Crippen LogP contribution in [0, 0.1) is 34.9 Å². The van der Waals surface area contributed by atoms with Crippen LogP contribution in [-0.2, 0) is 14.4 Å². The maximum absolute atomic E-state index is 13.4. The molecular formula is C66H72Cl6F6N6O12. The van der Waals surface area contributed by atoms with Gasteiger partial charge in [-0.25, -0.2) is 26.3 Å². The number of amides is 3. The molecule has 0 spiro atoms. The Hall–Kier alpha value is -6.39. The largest absolute Gasteiger partial charge is 0.491 e. The van der Waals surface area contributed by atoms with Gasteiger partial charge in [0.1, 0.15) is 108 Å². The number of halogens is 12. The van der Waals surface area contributed by atoms with Crippen molar-refractivity contribution < 1.29 is 84.5 Å². The Morgan fingerprint density at radius 3 is 0.729 bits per heavy atom. The lowest BCUT2D eigenvalue weighted by atomic mass is 10.0. The van der Waals surface area contributed by atoms with Crippen LogP contribution >= 0.6 is 69.6 Å². The van der Waals surface area contributed by atoms with Crippen molar-refractivity contribution in [1.29, 1.82) is 0 Å². The van der Waals surface area contributed by atoms with Crippen molar-refractivity contribution in [3.63, 3.8) is 0 Å². The number of rotatable bonds is 27. The second-order valence-corrected chi connectivity index (χ2v) is 25.1. The van der Waals surface area contributed by atoms with Crippen molar-refractivity contribution in [2.45, 2.75) is 75.0 Å². The van der Waals surface area contributed by atoms with Gasteiger partial charge in [-0.3, -0.25) is 14.4 Å². The summed E-state index contributed by atoms with van der Waals surface area (Å²) in [5, 5.41) is 39.3. The smallest absolute Gasteiger partial charge is 0.258 e. The van der Waals surface area contributed by atoms with Gasteiger partial charge >= 0.3 is 0 Å². The molecule has 0 bridgehead atoms. The topological polar surface area (TPSA) is 213 Å². The van der Waals surface area contributed by atoms with Crippen molar-refractivity contribution in [1.82, 2.24) is 30.7 Å². The molecule has 3 aliphatic rings. The average Bonchev–Trinajstić information content (AvgIpc) is 1.23. The van der Waals surface area contributed by atoms with Crippen LogP contribution in [0.2, 0.25) is 30.1 Å². The number of piperidine rings is 3. The number of aliphatic hydroxyl groups is 3. The molecule has 3 atom stereocenters. The Kier molecular flexibility index (Phi) is 31.5. The highest BCUT2D eigenvalue weighted by Gasteiger charge is 2.26. The SMILES string of the molecule is O=C(COc1ccc(Cl)c(F)c1)NC1CCN(CC(O)COc2ccc(Cl)c(F)c2)CC1.O=C(COc1ccc(Cl)c(F)c1)NC1CCN(C[C@@H](O)COc2ccc(Cl)c(F)c2)CC1.O=C(COc1ccc(Cl)c(F)c1)NC1CCN(C[C@H](O)COc2ccc(Cl)c(F)c2)CC1. The summed E-state index contributed by atoms with van der Waals surface area (Å²) in [7, 11) is 0. The second-order valence-electron chi connectivity index (χ2n) is 22.6. The molecule has 18 nitrogen and oxygen atoms in total. The zero-order valence-corrected chi connectivity index (χ0v) is 56.1. The number of carbonyl (C=O) groups excluding carboxylic acids is 3.